The van der Waals surface area contributed by atoms with Gasteiger partial charge in [-0.05, 0) is 48.4 Å². The molecule has 0 bridgehead atoms. The number of H-pyrrole nitrogens is 1. The predicted octanol–water partition coefficient (Wildman–Crippen LogP) is 4.36. The van der Waals surface area contributed by atoms with Crippen molar-refractivity contribution in [3.8, 4) is 0 Å². The summed E-state index contributed by atoms with van der Waals surface area (Å²) < 4.78 is 0. The van der Waals surface area contributed by atoms with Gasteiger partial charge in [-0.25, -0.2) is 4.98 Å². The molecule has 2 heterocycles. The van der Waals surface area contributed by atoms with E-state index in [0.717, 1.165) is 37.0 Å². The third kappa shape index (κ3) is 2.87. The lowest BCUT2D eigenvalue weighted by Crippen LogP contribution is -1.90. The number of nitrogens with zero attached hydrogens (tertiary/aromatic N) is 1. The molecule has 0 spiro atoms. The van der Waals surface area contributed by atoms with Gasteiger partial charge >= 0.3 is 0 Å². The summed E-state index contributed by atoms with van der Waals surface area (Å²) in [6, 6.07) is 10.8. The highest BCUT2D eigenvalue weighted by Crippen LogP contribution is 2.16. The minimum atomic E-state index is 1.02. The minimum absolute atomic E-state index is 1.02. The lowest BCUT2D eigenvalue weighted by atomic mass is 10.1. The van der Waals surface area contributed by atoms with E-state index in [1.807, 2.05) is 11.3 Å². The van der Waals surface area contributed by atoms with Crippen LogP contribution in [0.2, 0.25) is 0 Å². The Morgan fingerprint density at radius 2 is 2.16 bits per heavy atom. The Kier molecular flexibility index (Phi) is 3.65. The summed E-state index contributed by atoms with van der Waals surface area (Å²) in [4.78, 5) is 9.56. The molecule has 3 heteroatoms. The Morgan fingerprint density at radius 3 is 2.95 bits per heavy atom. The summed E-state index contributed by atoms with van der Waals surface area (Å²) in [6.07, 6.45) is 4.40. The van der Waals surface area contributed by atoms with Crippen LogP contribution in [-0.2, 0) is 19.3 Å². The van der Waals surface area contributed by atoms with Crippen molar-refractivity contribution >= 4 is 22.4 Å². The molecular weight excluding hydrogens is 252 g/mol. The summed E-state index contributed by atoms with van der Waals surface area (Å²) >= 11 is 1.84. The van der Waals surface area contributed by atoms with Gasteiger partial charge in [-0.15, -0.1) is 11.3 Å². The number of aryl methyl sites for hydroxylation is 3. The third-order valence-electron chi connectivity index (χ3n) is 3.42. The van der Waals surface area contributed by atoms with Gasteiger partial charge in [-0.3, -0.25) is 0 Å². The molecule has 3 aromatic rings. The molecule has 0 aliphatic heterocycles. The van der Waals surface area contributed by atoms with Gasteiger partial charge in [0.2, 0.25) is 0 Å². The summed E-state index contributed by atoms with van der Waals surface area (Å²) in [5, 5.41) is 2.14. The molecular formula is C16H18N2S. The van der Waals surface area contributed by atoms with Crippen LogP contribution in [0.5, 0.6) is 0 Å². The summed E-state index contributed by atoms with van der Waals surface area (Å²) in [5.74, 6) is 1.11. The van der Waals surface area contributed by atoms with Crippen molar-refractivity contribution < 1.29 is 0 Å². The minimum Gasteiger partial charge on any atom is -0.342 e. The Morgan fingerprint density at radius 1 is 1.21 bits per heavy atom. The van der Waals surface area contributed by atoms with Crippen molar-refractivity contribution in [1.82, 2.24) is 9.97 Å². The zero-order chi connectivity index (χ0) is 13.1. The number of rotatable bonds is 5. The maximum absolute atomic E-state index is 4.65. The van der Waals surface area contributed by atoms with Gasteiger partial charge in [0.15, 0.2) is 0 Å². The van der Waals surface area contributed by atoms with Crippen LogP contribution < -0.4 is 0 Å². The highest BCUT2D eigenvalue weighted by molar-refractivity contribution is 7.09. The second-order valence-corrected chi connectivity index (χ2v) is 5.85. The standard InChI is InChI=1S/C16H18N2S/c1-2-12-8-9-14-15(11-12)18-16(17-14)7-3-5-13-6-4-10-19-13/h4,6,8-11H,2-3,5,7H2,1H3,(H,17,18). The number of benzene rings is 1. The molecule has 0 saturated heterocycles. The van der Waals surface area contributed by atoms with Crippen molar-refractivity contribution in [1.29, 1.82) is 0 Å². The van der Waals surface area contributed by atoms with E-state index >= 15 is 0 Å². The van der Waals surface area contributed by atoms with Gasteiger partial charge in [0.1, 0.15) is 5.82 Å². The largest absolute Gasteiger partial charge is 0.342 e. The van der Waals surface area contributed by atoms with Crippen LogP contribution in [-0.4, -0.2) is 9.97 Å². The number of aromatic nitrogens is 2. The molecule has 1 N–H and O–H groups in total. The molecule has 0 fully saturated rings. The normalized spacial score (nSPS) is 11.2. The predicted molar refractivity (Wildman–Crippen MR) is 81.8 cm³/mol. The van der Waals surface area contributed by atoms with Gasteiger partial charge in [-0.2, -0.15) is 0 Å². The summed E-state index contributed by atoms with van der Waals surface area (Å²) in [5.41, 5.74) is 3.62. The molecule has 2 nitrogen and oxygen atoms in total. The number of imidazole rings is 1. The van der Waals surface area contributed by atoms with Gasteiger partial charge < -0.3 is 4.98 Å². The van der Waals surface area contributed by atoms with E-state index in [2.05, 4.69) is 52.6 Å². The van der Waals surface area contributed by atoms with E-state index < -0.39 is 0 Å². The van der Waals surface area contributed by atoms with E-state index in [4.69, 9.17) is 0 Å². The van der Waals surface area contributed by atoms with Crippen molar-refractivity contribution in [2.45, 2.75) is 32.6 Å². The molecule has 0 radical (unpaired) electrons. The molecule has 0 atom stereocenters. The van der Waals surface area contributed by atoms with Crippen LogP contribution in [0.1, 0.15) is 29.6 Å². The Labute approximate surface area is 117 Å². The van der Waals surface area contributed by atoms with Crippen LogP contribution in [0.4, 0.5) is 0 Å². The molecule has 0 unspecified atom stereocenters. The molecule has 0 aliphatic rings. The average Bonchev–Trinajstić information content (AvgIpc) is 3.06. The van der Waals surface area contributed by atoms with Crippen LogP contribution >= 0.6 is 11.3 Å². The van der Waals surface area contributed by atoms with Gasteiger partial charge in [0.05, 0.1) is 11.0 Å². The Balaban J connectivity index is 1.67. The molecule has 98 valence electrons. The lowest BCUT2D eigenvalue weighted by molar-refractivity contribution is 0.793. The first-order chi connectivity index (χ1) is 9.35. The van der Waals surface area contributed by atoms with Crippen LogP contribution in [0.3, 0.4) is 0 Å². The molecule has 3 rings (SSSR count). The SMILES string of the molecule is CCc1ccc2nc(CCCc3cccs3)[nH]c2c1. The van der Waals surface area contributed by atoms with Gasteiger partial charge in [0.25, 0.3) is 0 Å². The van der Waals surface area contributed by atoms with Crippen molar-refractivity contribution in [3.05, 3.63) is 52.0 Å². The lowest BCUT2D eigenvalue weighted by Gasteiger charge is -1.95. The molecule has 0 amide bonds. The first kappa shape index (κ1) is 12.4. The van der Waals surface area contributed by atoms with Crippen molar-refractivity contribution in [2.75, 3.05) is 0 Å². The highest BCUT2D eigenvalue weighted by Gasteiger charge is 2.03. The second kappa shape index (κ2) is 5.57. The quantitative estimate of drug-likeness (QED) is 0.733. The Hall–Kier alpha value is -1.61. The van der Waals surface area contributed by atoms with E-state index in [-0.39, 0.29) is 0 Å². The summed E-state index contributed by atoms with van der Waals surface area (Å²) in [6.45, 7) is 2.18. The van der Waals surface area contributed by atoms with E-state index in [0.29, 0.717) is 0 Å². The molecule has 2 aromatic heterocycles. The fourth-order valence-electron chi connectivity index (χ4n) is 2.33. The maximum Gasteiger partial charge on any atom is 0.107 e. The zero-order valence-corrected chi connectivity index (χ0v) is 12.0. The van der Waals surface area contributed by atoms with Crippen LogP contribution in [0.25, 0.3) is 11.0 Å². The number of nitrogens with one attached hydrogen (secondary N) is 1. The van der Waals surface area contributed by atoms with Crippen molar-refractivity contribution in [2.24, 2.45) is 0 Å². The fourth-order valence-corrected chi connectivity index (χ4v) is 3.08. The van der Waals surface area contributed by atoms with Gasteiger partial charge in [0, 0.05) is 11.3 Å². The third-order valence-corrected chi connectivity index (χ3v) is 4.36. The van der Waals surface area contributed by atoms with Crippen LogP contribution in [0, 0.1) is 0 Å². The Bertz CT molecular complexity index is 653. The molecule has 1 aromatic carbocycles. The summed E-state index contributed by atoms with van der Waals surface area (Å²) in [7, 11) is 0. The van der Waals surface area contributed by atoms with E-state index in [1.54, 1.807) is 0 Å². The number of hydrogen-bond acceptors (Lipinski definition) is 2. The van der Waals surface area contributed by atoms with Crippen LogP contribution in [0.15, 0.2) is 35.7 Å². The first-order valence-electron chi connectivity index (χ1n) is 6.85. The van der Waals surface area contributed by atoms with Gasteiger partial charge in [-0.1, -0.05) is 19.1 Å². The topological polar surface area (TPSA) is 28.7 Å². The van der Waals surface area contributed by atoms with E-state index in [9.17, 15) is 0 Å². The zero-order valence-electron chi connectivity index (χ0n) is 11.1. The average molecular weight is 270 g/mol. The second-order valence-electron chi connectivity index (χ2n) is 4.82. The van der Waals surface area contributed by atoms with E-state index in [1.165, 1.54) is 16.0 Å². The smallest absolute Gasteiger partial charge is 0.107 e. The number of thiophene rings is 1. The first-order valence-corrected chi connectivity index (χ1v) is 7.73. The maximum atomic E-state index is 4.65. The molecule has 19 heavy (non-hydrogen) atoms. The number of fused-ring (bicyclic) bond motifs is 1. The fraction of sp³-hybridized carbons (Fsp3) is 0.312. The van der Waals surface area contributed by atoms with Crippen molar-refractivity contribution in [3.63, 3.8) is 0 Å². The monoisotopic (exact) mass is 270 g/mol. The number of aromatic amines is 1. The molecule has 0 aliphatic carbocycles. The molecule has 0 saturated carbocycles. The highest BCUT2D eigenvalue weighted by atomic mass is 32.1. The number of hydrogen-bond donors (Lipinski definition) is 1.